The molecule has 8 heteroatoms. The summed E-state index contributed by atoms with van der Waals surface area (Å²) in [7, 11) is 0. The fourth-order valence-electron chi connectivity index (χ4n) is 0.835. The van der Waals surface area contributed by atoms with Crippen LogP contribution < -0.4 is 16.2 Å². The SMILES string of the molecule is NC(=O)c1cc(OC(F)(F)F)ncc1N. The average molecular weight is 221 g/mol. The smallest absolute Gasteiger partial charge is 0.397 e. The molecule has 0 bridgehead atoms. The minimum Gasteiger partial charge on any atom is -0.397 e. The van der Waals surface area contributed by atoms with Crippen LogP contribution in [0.15, 0.2) is 12.3 Å². The van der Waals surface area contributed by atoms with Crippen LogP contribution in [0.1, 0.15) is 10.4 Å². The molecule has 0 unspecified atom stereocenters. The lowest BCUT2D eigenvalue weighted by Gasteiger charge is -2.09. The van der Waals surface area contributed by atoms with Crippen LogP contribution in [0.5, 0.6) is 5.88 Å². The zero-order valence-corrected chi connectivity index (χ0v) is 7.21. The Labute approximate surface area is 81.8 Å². The number of carbonyl (C=O) groups excluding carboxylic acids is 1. The van der Waals surface area contributed by atoms with Crippen LogP contribution in [-0.4, -0.2) is 17.3 Å². The van der Waals surface area contributed by atoms with Crippen LogP contribution in [0.3, 0.4) is 0 Å². The molecule has 1 heterocycles. The first-order chi connectivity index (χ1) is 6.79. The van der Waals surface area contributed by atoms with Gasteiger partial charge in [0, 0.05) is 6.07 Å². The van der Waals surface area contributed by atoms with Gasteiger partial charge in [-0.25, -0.2) is 4.98 Å². The summed E-state index contributed by atoms with van der Waals surface area (Å²) in [5, 5.41) is 0. The van der Waals surface area contributed by atoms with Crippen molar-refractivity contribution in [2.75, 3.05) is 5.73 Å². The van der Waals surface area contributed by atoms with Crippen LogP contribution >= 0.6 is 0 Å². The van der Waals surface area contributed by atoms with E-state index in [-0.39, 0.29) is 11.3 Å². The van der Waals surface area contributed by atoms with Gasteiger partial charge < -0.3 is 16.2 Å². The van der Waals surface area contributed by atoms with E-state index in [1.54, 1.807) is 0 Å². The van der Waals surface area contributed by atoms with Crippen molar-refractivity contribution in [1.82, 2.24) is 4.98 Å². The summed E-state index contributed by atoms with van der Waals surface area (Å²) in [6.07, 6.45) is -4.01. The molecule has 0 spiro atoms. The van der Waals surface area contributed by atoms with Gasteiger partial charge in [0.15, 0.2) is 0 Å². The van der Waals surface area contributed by atoms with Crippen molar-refractivity contribution in [1.29, 1.82) is 0 Å². The highest BCUT2D eigenvalue weighted by Crippen LogP contribution is 2.23. The number of nitrogens with two attached hydrogens (primary N) is 2. The zero-order chi connectivity index (χ0) is 11.6. The Balaban J connectivity index is 3.03. The van der Waals surface area contributed by atoms with Crippen molar-refractivity contribution in [3.8, 4) is 5.88 Å². The predicted octanol–water partition coefficient (Wildman–Crippen LogP) is 0.661. The number of carbonyl (C=O) groups is 1. The number of halogens is 3. The molecule has 0 saturated heterocycles. The maximum Gasteiger partial charge on any atom is 0.574 e. The molecule has 1 rings (SSSR count). The molecule has 0 aromatic carbocycles. The molecule has 4 N–H and O–H groups in total. The lowest BCUT2D eigenvalue weighted by molar-refractivity contribution is -0.276. The van der Waals surface area contributed by atoms with Gasteiger partial charge in [-0.05, 0) is 0 Å². The molecule has 0 aliphatic rings. The number of aromatic nitrogens is 1. The second-order valence-electron chi connectivity index (χ2n) is 2.52. The van der Waals surface area contributed by atoms with E-state index in [4.69, 9.17) is 11.5 Å². The fraction of sp³-hybridized carbons (Fsp3) is 0.143. The van der Waals surface area contributed by atoms with E-state index >= 15 is 0 Å². The van der Waals surface area contributed by atoms with Gasteiger partial charge in [0.2, 0.25) is 5.88 Å². The lowest BCUT2D eigenvalue weighted by Crippen LogP contribution is -2.19. The zero-order valence-electron chi connectivity index (χ0n) is 7.21. The maximum atomic E-state index is 11.8. The Morgan fingerprint density at radius 3 is 2.53 bits per heavy atom. The van der Waals surface area contributed by atoms with E-state index in [9.17, 15) is 18.0 Å². The summed E-state index contributed by atoms with van der Waals surface area (Å²) in [6.45, 7) is 0. The first-order valence-corrected chi connectivity index (χ1v) is 3.60. The molecule has 1 amide bonds. The number of pyridine rings is 1. The van der Waals surface area contributed by atoms with Gasteiger partial charge in [0.05, 0.1) is 17.4 Å². The molecule has 1 aromatic heterocycles. The number of primary amides is 1. The van der Waals surface area contributed by atoms with Crippen molar-refractivity contribution < 1.29 is 22.7 Å². The maximum absolute atomic E-state index is 11.8. The summed E-state index contributed by atoms with van der Waals surface area (Å²) >= 11 is 0. The minimum absolute atomic E-state index is 0.114. The Morgan fingerprint density at radius 1 is 1.47 bits per heavy atom. The van der Waals surface area contributed by atoms with E-state index in [1.807, 2.05) is 0 Å². The van der Waals surface area contributed by atoms with Gasteiger partial charge in [-0.15, -0.1) is 13.2 Å². The van der Waals surface area contributed by atoms with Crippen molar-refractivity contribution in [2.24, 2.45) is 5.73 Å². The van der Waals surface area contributed by atoms with Crippen molar-refractivity contribution in [3.05, 3.63) is 17.8 Å². The van der Waals surface area contributed by atoms with E-state index < -0.39 is 18.1 Å². The van der Waals surface area contributed by atoms with E-state index in [0.29, 0.717) is 0 Å². The van der Waals surface area contributed by atoms with Crippen molar-refractivity contribution in [3.63, 3.8) is 0 Å². The quantitative estimate of drug-likeness (QED) is 0.767. The van der Waals surface area contributed by atoms with Crippen LogP contribution in [-0.2, 0) is 0 Å². The highest BCUT2D eigenvalue weighted by molar-refractivity contribution is 5.97. The third-order valence-corrected chi connectivity index (χ3v) is 1.40. The number of amides is 1. The molecule has 0 radical (unpaired) electrons. The molecule has 82 valence electrons. The van der Waals surface area contributed by atoms with Gasteiger partial charge in [0.1, 0.15) is 0 Å². The fourth-order valence-corrected chi connectivity index (χ4v) is 0.835. The summed E-state index contributed by atoms with van der Waals surface area (Å²) < 4.78 is 38.8. The summed E-state index contributed by atoms with van der Waals surface area (Å²) in [5.41, 5.74) is 9.73. The van der Waals surface area contributed by atoms with E-state index in [1.165, 1.54) is 0 Å². The number of alkyl halides is 3. The van der Waals surface area contributed by atoms with Crippen molar-refractivity contribution >= 4 is 11.6 Å². The molecule has 0 aliphatic carbocycles. The van der Waals surface area contributed by atoms with E-state index in [2.05, 4.69) is 9.72 Å². The van der Waals surface area contributed by atoms with Crippen LogP contribution in [0.2, 0.25) is 0 Å². The van der Waals surface area contributed by atoms with Crippen LogP contribution in [0.25, 0.3) is 0 Å². The lowest BCUT2D eigenvalue weighted by atomic mass is 10.2. The summed E-state index contributed by atoms with van der Waals surface area (Å²) in [5.74, 6) is -1.74. The number of rotatable bonds is 2. The molecular formula is C7H6F3N3O2. The van der Waals surface area contributed by atoms with Gasteiger partial charge in [-0.3, -0.25) is 4.79 Å². The molecular weight excluding hydrogens is 215 g/mol. The number of hydrogen-bond donors (Lipinski definition) is 2. The monoisotopic (exact) mass is 221 g/mol. The minimum atomic E-state index is -4.88. The molecule has 1 aromatic rings. The second-order valence-corrected chi connectivity index (χ2v) is 2.52. The molecule has 0 aliphatic heterocycles. The number of nitrogen functional groups attached to an aromatic ring is 1. The van der Waals surface area contributed by atoms with Gasteiger partial charge in [-0.1, -0.05) is 0 Å². The Hall–Kier alpha value is -1.99. The average Bonchev–Trinajstić information content (AvgIpc) is 2.05. The number of hydrogen-bond acceptors (Lipinski definition) is 4. The Morgan fingerprint density at radius 2 is 2.07 bits per heavy atom. The third-order valence-electron chi connectivity index (χ3n) is 1.40. The predicted molar refractivity (Wildman–Crippen MR) is 43.9 cm³/mol. The number of nitrogens with zero attached hydrogens (tertiary/aromatic N) is 1. The highest BCUT2D eigenvalue weighted by atomic mass is 19.4. The molecule has 0 fully saturated rings. The van der Waals surface area contributed by atoms with Crippen molar-refractivity contribution in [2.45, 2.75) is 6.36 Å². The Bertz CT molecular complexity index is 392. The first-order valence-electron chi connectivity index (χ1n) is 3.60. The topological polar surface area (TPSA) is 91.2 Å². The number of ether oxygens (including phenoxy) is 1. The highest BCUT2D eigenvalue weighted by Gasteiger charge is 2.32. The largest absolute Gasteiger partial charge is 0.574 e. The Kier molecular flexibility index (Phi) is 2.69. The standard InChI is InChI=1S/C7H6F3N3O2/c8-7(9,10)15-5-1-3(6(12)14)4(11)2-13-5/h1-2H,11H2,(H2,12,14). The normalized spacial score (nSPS) is 11.1. The summed E-state index contributed by atoms with van der Waals surface area (Å²) in [6, 6.07) is 0.727. The second kappa shape index (κ2) is 3.64. The summed E-state index contributed by atoms with van der Waals surface area (Å²) in [4.78, 5) is 13.9. The molecule has 5 nitrogen and oxygen atoms in total. The first kappa shape index (κ1) is 11.1. The van der Waals surface area contributed by atoms with Gasteiger partial charge in [0.25, 0.3) is 5.91 Å². The van der Waals surface area contributed by atoms with Gasteiger partial charge >= 0.3 is 6.36 Å². The molecule has 15 heavy (non-hydrogen) atoms. The van der Waals surface area contributed by atoms with Gasteiger partial charge in [-0.2, -0.15) is 0 Å². The van der Waals surface area contributed by atoms with E-state index in [0.717, 1.165) is 12.3 Å². The number of anilines is 1. The molecule has 0 saturated carbocycles. The molecule has 0 atom stereocenters. The third kappa shape index (κ3) is 3.01. The van der Waals surface area contributed by atoms with Crippen LogP contribution in [0, 0.1) is 0 Å². The van der Waals surface area contributed by atoms with Crippen LogP contribution in [0.4, 0.5) is 18.9 Å².